The predicted octanol–water partition coefficient (Wildman–Crippen LogP) is 0.471. The van der Waals surface area contributed by atoms with Crippen LogP contribution in [-0.2, 0) is 16.0 Å². The summed E-state index contributed by atoms with van der Waals surface area (Å²) in [5.74, 6) is 0.251. The Morgan fingerprint density at radius 2 is 2.26 bits per heavy atom. The van der Waals surface area contributed by atoms with Crippen molar-refractivity contribution in [1.29, 1.82) is 5.26 Å². The number of carbonyl (C=O) groups excluding carboxylic acids is 1. The van der Waals surface area contributed by atoms with Gasteiger partial charge in [-0.05, 0) is 43.0 Å². The van der Waals surface area contributed by atoms with Crippen molar-refractivity contribution in [2.24, 2.45) is 11.7 Å². The molecule has 0 bridgehead atoms. The van der Waals surface area contributed by atoms with Crippen molar-refractivity contribution in [2.45, 2.75) is 24.4 Å². The minimum atomic E-state index is -0.873. The summed E-state index contributed by atoms with van der Waals surface area (Å²) in [6, 6.07) is 10.0. The number of piperidine rings is 1. The molecule has 0 saturated carbocycles. The highest BCUT2D eigenvalue weighted by atomic mass is 16.5. The highest BCUT2D eigenvalue weighted by Gasteiger charge is 2.43. The maximum absolute atomic E-state index is 12.3. The van der Waals surface area contributed by atoms with Crippen LogP contribution in [0.4, 0.5) is 0 Å². The van der Waals surface area contributed by atoms with Crippen molar-refractivity contribution in [1.82, 2.24) is 15.6 Å². The van der Waals surface area contributed by atoms with E-state index in [0.29, 0.717) is 11.5 Å². The molecule has 2 saturated heterocycles. The van der Waals surface area contributed by atoms with Gasteiger partial charge in [-0.3, -0.25) is 9.78 Å². The predicted molar refractivity (Wildman–Crippen MR) is 101 cm³/mol. The van der Waals surface area contributed by atoms with Crippen LogP contribution in [0, 0.1) is 17.2 Å². The van der Waals surface area contributed by atoms with Crippen LogP contribution in [0.1, 0.15) is 17.5 Å². The molecular weight excluding hydrogens is 342 g/mol. The van der Waals surface area contributed by atoms with Crippen LogP contribution < -0.4 is 16.4 Å². The highest BCUT2D eigenvalue weighted by Crippen LogP contribution is 2.25. The molecule has 0 spiro atoms. The van der Waals surface area contributed by atoms with Crippen molar-refractivity contribution in [3.63, 3.8) is 0 Å². The number of carbonyl (C=O) groups is 1. The van der Waals surface area contributed by atoms with Crippen LogP contribution in [0.2, 0.25) is 0 Å². The normalized spacial score (nSPS) is 24.0. The molecule has 0 unspecified atom stereocenters. The molecule has 0 aliphatic carbocycles. The van der Waals surface area contributed by atoms with Gasteiger partial charge in [-0.2, -0.15) is 5.26 Å². The Morgan fingerprint density at radius 3 is 3.00 bits per heavy atom. The Balaban J connectivity index is 1.46. The fraction of sp³-hybridized carbons (Fsp3) is 0.450. The van der Waals surface area contributed by atoms with Crippen LogP contribution in [-0.4, -0.2) is 48.8 Å². The van der Waals surface area contributed by atoms with Crippen molar-refractivity contribution in [2.75, 3.05) is 26.3 Å². The number of aromatic nitrogens is 1. The first kappa shape index (κ1) is 17.9. The Bertz CT molecular complexity index is 903. The van der Waals surface area contributed by atoms with Crippen molar-refractivity contribution in [3.8, 4) is 6.07 Å². The Morgan fingerprint density at radius 1 is 1.41 bits per heavy atom. The highest BCUT2D eigenvalue weighted by molar-refractivity contribution is 5.88. The van der Waals surface area contributed by atoms with Gasteiger partial charge >= 0.3 is 0 Å². The molecular formula is C20H23N5O2. The lowest BCUT2D eigenvalue weighted by Crippen LogP contribution is -2.68. The number of nitrogens with one attached hydrogen (secondary N) is 2. The largest absolute Gasteiger partial charge is 0.376 e. The quantitative estimate of drug-likeness (QED) is 0.726. The zero-order valence-electron chi connectivity index (χ0n) is 15.1. The summed E-state index contributed by atoms with van der Waals surface area (Å²) in [5.41, 5.74) is 7.67. The summed E-state index contributed by atoms with van der Waals surface area (Å²) in [6.07, 6.45) is 3.47. The van der Waals surface area contributed by atoms with Crippen LogP contribution in [0.3, 0.4) is 0 Å². The molecule has 4 N–H and O–H groups in total. The molecule has 1 aromatic heterocycles. The summed E-state index contributed by atoms with van der Waals surface area (Å²) in [7, 11) is 0. The Labute approximate surface area is 157 Å². The summed E-state index contributed by atoms with van der Waals surface area (Å²) in [5, 5.41) is 16.8. The van der Waals surface area contributed by atoms with E-state index in [-0.39, 0.29) is 25.2 Å². The number of fused-ring (bicyclic) bond motifs is 1. The summed E-state index contributed by atoms with van der Waals surface area (Å²) < 4.78 is 5.08. The minimum absolute atomic E-state index is 0.0556. The number of nitrogens with zero attached hydrogens (tertiary/aromatic N) is 2. The topological polar surface area (TPSA) is 113 Å². The zero-order chi connectivity index (χ0) is 18.9. The number of hydrogen-bond donors (Lipinski definition) is 3. The number of hydrogen-bond acceptors (Lipinski definition) is 6. The average Bonchev–Trinajstić information content (AvgIpc) is 2.66. The van der Waals surface area contributed by atoms with E-state index in [0.717, 1.165) is 36.8 Å². The number of ether oxygens (including phenoxy) is 1. The van der Waals surface area contributed by atoms with Gasteiger partial charge in [-0.1, -0.05) is 12.1 Å². The summed E-state index contributed by atoms with van der Waals surface area (Å²) in [6.45, 7) is 2.21. The molecule has 2 fully saturated rings. The van der Waals surface area contributed by atoms with Crippen LogP contribution in [0.25, 0.3) is 10.9 Å². The fourth-order valence-electron chi connectivity index (χ4n) is 3.89. The first-order chi connectivity index (χ1) is 13.1. The third-order valence-electron chi connectivity index (χ3n) is 5.44. The molecule has 2 atom stereocenters. The molecule has 2 aliphatic heterocycles. The molecule has 3 heterocycles. The second kappa shape index (κ2) is 7.24. The lowest BCUT2D eigenvalue weighted by molar-refractivity contribution is -0.144. The van der Waals surface area contributed by atoms with Crippen LogP contribution >= 0.6 is 0 Å². The average molecular weight is 365 g/mol. The zero-order valence-corrected chi connectivity index (χ0v) is 15.1. The SMILES string of the molecule is N#Cc1ccc(C[C@@H]2CNC[C@H](NC(=O)C3(N)COC3)C2)c2cccnc12. The molecule has 1 aromatic carbocycles. The smallest absolute Gasteiger partial charge is 0.245 e. The lowest BCUT2D eigenvalue weighted by atomic mass is 9.87. The van der Waals surface area contributed by atoms with E-state index in [4.69, 9.17) is 10.5 Å². The molecule has 0 radical (unpaired) electrons. The van der Waals surface area contributed by atoms with Crippen LogP contribution in [0.5, 0.6) is 0 Å². The van der Waals surface area contributed by atoms with E-state index in [1.165, 1.54) is 5.56 Å². The molecule has 2 aromatic rings. The van der Waals surface area contributed by atoms with Gasteiger partial charge in [-0.25, -0.2) is 0 Å². The van der Waals surface area contributed by atoms with Gasteiger partial charge in [0.05, 0.1) is 24.3 Å². The molecule has 7 heteroatoms. The van der Waals surface area contributed by atoms with Crippen LogP contribution in [0.15, 0.2) is 30.5 Å². The number of benzene rings is 1. The molecule has 27 heavy (non-hydrogen) atoms. The third-order valence-corrected chi connectivity index (χ3v) is 5.44. The fourth-order valence-corrected chi connectivity index (χ4v) is 3.89. The van der Waals surface area contributed by atoms with E-state index in [1.54, 1.807) is 6.20 Å². The van der Waals surface area contributed by atoms with Gasteiger partial charge in [0.25, 0.3) is 0 Å². The van der Waals surface area contributed by atoms with Gasteiger partial charge in [0.2, 0.25) is 5.91 Å². The molecule has 1 amide bonds. The molecule has 4 rings (SSSR count). The van der Waals surface area contributed by atoms with E-state index in [2.05, 4.69) is 21.7 Å². The molecule has 2 aliphatic rings. The van der Waals surface area contributed by atoms with E-state index in [9.17, 15) is 10.1 Å². The maximum atomic E-state index is 12.3. The standard InChI is InChI=1S/C20H23N5O2/c21-8-15-4-3-14(17-2-1-5-24-18(15)17)6-13-7-16(10-23-9-13)25-19(26)20(22)11-27-12-20/h1-5,13,16,23H,6-7,9-12,22H2,(H,25,26)/t13-,16+/m0/s1. The lowest BCUT2D eigenvalue weighted by Gasteiger charge is -2.38. The van der Waals surface area contributed by atoms with Crippen molar-refractivity contribution < 1.29 is 9.53 Å². The monoisotopic (exact) mass is 365 g/mol. The minimum Gasteiger partial charge on any atom is -0.376 e. The second-order valence-electron chi connectivity index (χ2n) is 7.57. The Hall–Kier alpha value is -2.53. The van der Waals surface area contributed by atoms with Gasteiger partial charge in [0, 0.05) is 24.2 Å². The number of nitriles is 1. The summed E-state index contributed by atoms with van der Waals surface area (Å²) >= 11 is 0. The first-order valence-electron chi connectivity index (χ1n) is 9.24. The van der Waals surface area contributed by atoms with E-state index < -0.39 is 5.54 Å². The number of rotatable bonds is 4. The third kappa shape index (κ3) is 3.52. The maximum Gasteiger partial charge on any atom is 0.245 e. The number of amides is 1. The molecule has 140 valence electrons. The van der Waals surface area contributed by atoms with Gasteiger partial charge in [0.1, 0.15) is 11.6 Å². The van der Waals surface area contributed by atoms with Crippen molar-refractivity contribution in [3.05, 3.63) is 41.6 Å². The van der Waals surface area contributed by atoms with E-state index in [1.807, 2.05) is 24.3 Å². The Kier molecular flexibility index (Phi) is 4.79. The van der Waals surface area contributed by atoms with Gasteiger partial charge < -0.3 is 21.1 Å². The number of pyridine rings is 1. The van der Waals surface area contributed by atoms with Gasteiger partial charge in [0.15, 0.2) is 0 Å². The molecule has 7 nitrogen and oxygen atoms in total. The van der Waals surface area contributed by atoms with E-state index >= 15 is 0 Å². The second-order valence-corrected chi connectivity index (χ2v) is 7.57. The van der Waals surface area contributed by atoms with Crippen molar-refractivity contribution >= 4 is 16.8 Å². The summed E-state index contributed by atoms with van der Waals surface area (Å²) in [4.78, 5) is 16.7. The van der Waals surface area contributed by atoms with Gasteiger partial charge in [-0.15, -0.1) is 0 Å². The first-order valence-corrected chi connectivity index (χ1v) is 9.24. The number of nitrogens with two attached hydrogens (primary N) is 1.